The molecule has 3 rings (SSSR count). The fourth-order valence-electron chi connectivity index (χ4n) is 2.68. The van der Waals surface area contributed by atoms with Crippen LogP contribution in [0.3, 0.4) is 0 Å². The highest BCUT2D eigenvalue weighted by molar-refractivity contribution is 5.95. The highest BCUT2D eigenvalue weighted by atomic mass is 14.7. The molecule has 0 amide bonds. The lowest BCUT2D eigenvalue weighted by Gasteiger charge is -2.23. The number of aromatic nitrogens is 1. The van der Waals surface area contributed by atoms with E-state index >= 15 is 0 Å². The summed E-state index contributed by atoms with van der Waals surface area (Å²) >= 11 is 0. The van der Waals surface area contributed by atoms with E-state index < -0.39 is 0 Å². The maximum absolute atomic E-state index is 4.65. The molecule has 0 aliphatic carbocycles. The van der Waals surface area contributed by atoms with E-state index in [1.807, 2.05) is 6.20 Å². The van der Waals surface area contributed by atoms with Crippen molar-refractivity contribution >= 4 is 10.8 Å². The van der Waals surface area contributed by atoms with E-state index in [0.29, 0.717) is 0 Å². The van der Waals surface area contributed by atoms with Crippen molar-refractivity contribution in [3.05, 3.63) is 66.4 Å². The average molecular weight is 261 g/mol. The number of pyridine rings is 1. The van der Waals surface area contributed by atoms with E-state index in [1.165, 1.54) is 21.9 Å². The van der Waals surface area contributed by atoms with Gasteiger partial charge in [-0.3, -0.25) is 4.98 Å². The van der Waals surface area contributed by atoms with E-state index in [-0.39, 0.29) is 5.41 Å². The molecule has 0 N–H and O–H groups in total. The molecule has 0 unspecified atom stereocenters. The van der Waals surface area contributed by atoms with Gasteiger partial charge in [0.1, 0.15) is 0 Å². The Morgan fingerprint density at radius 1 is 0.800 bits per heavy atom. The second-order valence-corrected chi connectivity index (χ2v) is 6.18. The van der Waals surface area contributed by atoms with Crippen LogP contribution in [0.2, 0.25) is 0 Å². The van der Waals surface area contributed by atoms with Crippen molar-refractivity contribution in [1.82, 2.24) is 4.98 Å². The van der Waals surface area contributed by atoms with Crippen molar-refractivity contribution in [2.75, 3.05) is 0 Å². The zero-order valence-corrected chi connectivity index (χ0v) is 12.2. The van der Waals surface area contributed by atoms with Crippen molar-refractivity contribution in [3.63, 3.8) is 0 Å². The van der Waals surface area contributed by atoms with Crippen LogP contribution in [-0.2, 0) is 5.41 Å². The molecule has 2 aromatic carbocycles. The van der Waals surface area contributed by atoms with Crippen LogP contribution in [0.25, 0.3) is 22.0 Å². The molecule has 0 bridgehead atoms. The predicted octanol–water partition coefficient (Wildman–Crippen LogP) is 5.20. The highest BCUT2D eigenvalue weighted by Crippen LogP contribution is 2.34. The van der Waals surface area contributed by atoms with Gasteiger partial charge in [-0.1, -0.05) is 69.3 Å². The van der Waals surface area contributed by atoms with Crippen LogP contribution in [0.1, 0.15) is 26.3 Å². The molecule has 1 heterocycles. The standard InChI is InChI=1S/C19H19N/c1-19(2,3)17-11-7-6-10-16(17)18-15-9-5-4-8-14(15)12-13-20-18/h4-13H,1-3H3. The lowest BCUT2D eigenvalue weighted by molar-refractivity contribution is 0.592. The van der Waals surface area contributed by atoms with Crippen LogP contribution < -0.4 is 0 Å². The minimum absolute atomic E-state index is 0.106. The van der Waals surface area contributed by atoms with E-state index in [9.17, 15) is 0 Å². The van der Waals surface area contributed by atoms with E-state index in [2.05, 4.69) is 80.4 Å². The molecule has 1 nitrogen and oxygen atoms in total. The second kappa shape index (κ2) is 4.75. The van der Waals surface area contributed by atoms with Gasteiger partial charge in [-0.25, -0.2) is 0 Å². The van der Waals surface area contributed by atoms with E-state index in [1.54, 1.807) is 0 Å². The number of benzene rings is 2. The first-order chi connectivity index (χ1) is 9.57. The Balaban J connectivity index is 2.32. The predicted molar refractivity (Wildman–Crippen MR) is 85.9 cm³/mol. The zero-order valence-electron chi connectivity index (χ0n) is 12.2. The molecule has 0 radical (unpaired) electrons. The molecule has 0 saturated carbocycles. The summed E-state index contributed by atoms with van der Waals surface area (Å²) in [6, 6.07) is 19.1. The highest BCUT2D eigenvalue weighted by Gasteiger charge is 2.19. The number of rotatable bonds is 1. The third kappa shape index (κ3) is 2.20. The first-order valence-corrected chi connectivity index (χ1v) is 7.01. The Hall–Kier alpha value is -2.15. The van der Waals surface area contributed by atoms with Crippen molar-refractivity contribution < 1.29 is 0 Å². The summed E-state index contributed by atoms with van der Waals surface area (Å²) in [5.41, 5.74) is 3.75. The monoisotopic (exact) mass is 261 g/mol. The molecule has 0 aliphatic heterocycles. The Morgan fingerprint density at radius 2 is 1.50 bits per heavy atom. The van der Waals surface area contributed by atoms with Gasteiger partial charge in [0, 0.05) is 17.1 Å². The third-order valence-electron chi connectivity index (χ3n) is 3.66. The number of nitrogens with zero attached hydrogens (tertiary/aromatic N) is 1. The van der Waals surface area contributed by atoms with Crippen molar-refractivity contribution in [1.29, 1.82) is 0 Å². The van der Waals surface area contributed by atoms with Gasteiger partial charge < -0.3 is 0 Å². The molecule has 0 spiro atoms. The summed E-state index contributed by atoms with van der Waals surface area (Å²) in [4.78, 5) is 4.65. The van der Waals surface area contributed by atoms with Gasteiger partial charge in [0.05, 0.1) is 5.69 Å². The Labute approximate surface area is 120 Å². The van der Waals surface area contributed by atoms with Crippen molar-refractivity contribution in [2.24, 2.45) is 0 Å². The number of hydrogen-bond acceptors (Lipinski definition) is 1. The molecule has 0 aliphatic rings. The summed E-state index contributed by atoms with van der Waals surface area (Å²) < 4.78 is 0. The normalized spacial score (nSPS) is 11.8. The molecule has 20 heavy (non-hydrogen) atoms. The van der Waals surface area contributed by atoms with Gasteiger partial charge in [0.15, 0.2) is 0 Å². The van der Waals surface area contributed by atoms with Gasteiger partial charge in [0.25, 0.3) is 0 Å². The number of fused-ring (bicyclic) bond motifs is 1. The van der Waals surface area contributed by atoms with Crippen LogP contribution in [0, 0.1) is 0 Å². The SMILES string of the molecule is CC(C)(C)c1ccccc1-c1nccc2ccccc12. The lowest BCUT2D eigenvalue weighted by Crippen LogP contribution is -2.12. The summed E-state index contributed by atoms with van der Waals surface area (Å²) in [6.07, 6.45) is 1.90. The molecular weight excluding hydrogens is 242 g/mol. The first kappa shape index (κ1) is 12.9. The van der Waals surface area contributed by atoms with E-state index in [4.69, 9.17) is 0 Å². The third-order valence-corrected chi connectivity index (χ3v) is 3.66. The molecule has 1 aromatic heterocycles. The van der Waals surface area contributed by atoms with Gasteiger partial charge in [-0.15, -0.1) is 0 Å². The van der Waals surface area contributed by atoms with Crippen LogP contribution in [0.15, 0.2) is 60.8 Å². The average Bonchev–Trinajstić information content (AvgIpc) is 2.46. The molecule has 100 valence electrons. The van der Waals surface area contributed by atoms with Gasteiger partial charge in [-0.05, 0) is 22.4 Å². The molecule has 3 aromatic rings. The maximum atomic E-state index is 4.65. The fourth-order valence-corrected chi connectivity index (χ4v) is 2.68. The summed E-state index contributed by atoms with van der Waals surface area (Å²) in [5.74, 6) is 0. The quantitative estimate of drug-likeness (QED) is 0.586. The smallest absolute Gasteiger partial charge is 0.0783 e. The van der Waals surface area contributed by atoms with Crippen molar-refractivity contribution in [3.8, 4) is 11.3 Å². The molecular formula is C19H19N. The van der Waals surface area contributed by atoms with Gasteiger partial charge in [0.2, 0.25) is 0 Å². The van der Waals surface area contributed by atoms with Crippen LogP contribution >= 0.6 is 0 Å². The molecule has 0 fully saturated rings. The Bertz CT molecular complexity index is 746. The lowest BCUT2D eigenvalue weighted by atomic mass is 9.82. The molecule has 0 atom stereocenters. The van der Waals surface area contributed by atoms with Crippen LogP contribution in [-0.4, -0.2) is 4.98 Å². The van der Waals surface area contributed by atoms with Gasteiger partial charge >= 0.3 is 0 Å². The zero-order chi connectivity index (χ0) is 14.2. The minimum Gasteiger partial charge on any atom is -0.256 e. The topological polar surface area (TPSA) is 12.9 Å². The van der Waals surface area contributed by atoms with Gasteiger partial charge in [-0.2, -0.15) is 0 Å². The van der Waals surface area contributed by atoms with E-state index in [0.717, 1.165) is 5.69 Å². The molecule has 0 saturated heterocycles. The maximum Gasteiger partial charge on any atom is 0.0783 e. The number of hydrogen-bond donors (Lipinski definition) is 0. The molecule has 1 heteroatoms. The first-order valence-electron chi connectivity index (χ1n) is 7.01. The Morgan fingerprint density at radius 3 is 2.30 bits per heavy atom. The second-order valence-electron chi connectivity index (χ2n) is 6.18. The summed E-state index contributed by atoms with van der Waals surface area (Å²) in [7, 11) is 0. The van der Waals surface area contributed by atoms with Crippen molar-refractivity contribution in [2.45, 2.75) is 26.2 Å². The van der Waals surface area contributed by atoms with Crippen LogP contribution in [0.5, 0.6) is 0 Å². The summed E-state index contributed by atoms with van der Waals surface area (Å²) in [5, 5.41) is 2.45. The largest absolute Gasteiger partial charge is 0.256 e. The minimum atomic E-state index is 0.106. The fraction of sp³-hybridized carbons (Fsp3) is 0.211. The summed E-state index contributed by atoms with van der Waals surface area (Å²) in [6.45, 7) is 6.74. The Kier molecular flexibility index (Phi) is 3.06. The van der Waals surface area contributed by atoms with Crippen LogP contribution in [0.4, 0.5) is 0 Å².